The van der Waals surface area contributed by atoms with Crippen LogP contribution in [0.15, 0.2) is 231 Å². The maximum Gasteiger partial charge on any atom is 0.0542 e. The second-order valence-corrected chi connectivity index (χ2v) is 15.7. The van der Waals surface area contributed by atoms with Crippen LogP contribution in [0.3, 0.4) is 0 Å². The average Bonchev–Trinajstić information content (AvgIpc) is 3.82. The highest BCUT2D eigenvalue weighted by Crippen LogP contribution is 2.51. The van der Waals surface area contributed by atoms with Crippen LogP contribution in [0.1, 0.15) is 22.3 Å². The molecule has 12 rings (SSSR count). The van der Waals surface area contributed by atoms with Crippen LogP contribution < -0.4 is 4.90 Å². The van der Waals surface area contributed by atoms with Crippen LogP contribution >= 0.6 is 0 Å². The lowest BCUT2D eigenvalue weighted by molar-refractivity contribution is 1.18. The van der Waals surface area contributed by atoms with Gasteiger partial charge in [0.05, 0.1) is 16.7 Å². The molecule has 1 aliphatic carbocycles. The van der Waals surface area contributed by atoms with Gasteiger partial charge >= 0.3 is 0 Å². The summed E-state index contributed by atoms with van der Waals surface area (Å²) in [5.74, 6) is 0. The van der Waals surface area contributed by atoms with Crippen molar-refractivity contribution in [3.8, 4) is 16.8 Å². The Bertz CT molecular complexity index is 3440. The van der Waals surface area contributed by atoms with E-state index in [1.807, 2.05) is 0 Å². The zero-order valence-corrected chi connectivity index (χ0v) is 32.8. The molecule has 0 fully saturated rings. The highest BCUT2D eigenvalue weighted by atomic mass is 15.1. The molecule has 1 aromatic heterocycles. The van der Waals surface area contributed by atoms with Crippen molar-refractivity contribution >= 4 is 71.6 Å². The molecule has 10 aromatic carbocycles. The number of benzene rings is 10. The van der Waals surface area contributed by atoms with Gasteiger partial charge in [-0.2, -0.15) is 0 Å². The van der Waals surface area contributed by atoms with Crippen molar-refractivity contribution in [3.63, 3.8) is 0 Å². The Labute approximate surface area is 349 Å². The number of aromatic nitrogens is 1. The molecule has 0 unspecified atom stereocenters. The maximum atomic E-state index is 2.47. The predicted octanol–water partition coefficient (Wildman–Crippen LogP) is 15.5. The SMILES string of the molecule is c1ccc(C(=C2c3ccccc3-c3ccc(N(c4ccc5c(c4)c4ccccc4n5-c4ccc5ccccc5c4)c4cccc5ccccc45)cc32)c2ccccc2)cc1. The number of rotatable bonds is 6. The van der Waals surface area contributed by atoms with Gasteiger partial charge in [-0.25, -0.2) is 0 Å². The third-order valence-corrected chi connectivity index (χ3v) is 12.3. The minimum atomic E-state index is 1.10. The molecule has 0 bridgehead atoms. The Hall–Kier alpha value is -7.94. The van der Waals surface area contributed by atoms with E-state index in [4.69, 9.17) is 0 Å². The Kier molecular flexibility index (Phi) is 7.89. The summed E-state index contributed by atoms with van der Waals surface area (Å²) in [6.45, 7) is 0. The molecule has 0 spiro atoms. The van der Waals surface area contributed by atoms with Crippen LogP contribution in [-0.4, -0.2) is 4.57 Å². The minimum Gasteiger partial charge on any atom is -0.310 e. The van der Waals surface area contributed by atoms with Crippen LogP contribution in [0.2, 0.25) is 0 Å². The zero-order valence-electron chi connectivity index (χ0n) is 32.8. The molecular weight excluding hydrogens is 725 g/mol. The molecule has 0 saturated carbocycles. The molecule has 2 nitrogen and oxygen atoms in total. The number of anilines is 3. The summed E-state index contributed by atoms with van der Waals surface area (Å²) in [4.78, 5) is 2.47. The molecule has 1 aliphatic rings. The summed E-state index contributed by atoms with van der Waals surface area (Å²) >= 11 is 0. The van der Waals surface area contributed by atoms with Gasteiger partial charge in [0, 0.05) is 33.2 Å². The maximum absolute atomic E-state index is 2.47. The topological polar surface area (TPSA) is 8.17 Å². The van der Waals surface area contributed by atoms with Crippen LogP contribution in [-0.2, 0) is 0 Å². The standard InChI is InChI=1S/C58H38N2/c1-3-18-41(19-4-1)57(42-20-5-2-6-21-42)58-51-27-12-11-25-48(51)49-34-32-45(38-53(49)58)59(54-29-15-23-40-17-9-10-24-47(40)54)46-33-35-56-52(37-46)50-26-13-14-28-55(50)60(56)44-31-30-39-16-7-8-22-43(39)36-44/h1-38H. The molecule has 0 N–H and O–H groups in total. The highest BCUT2D eigenvalue weighted by molar-refractivity contribution is 6.15. The first kappa shape index (κ1) is 34.1. The monoisotopic (exact) mass is 762 g/mol. The first-order chi connectivity index (χ1) is 29.8. The van der Waals surface area contributed by atoms with Gasteiger partial charge < -0.3 is 9.47 Å². The lowest BCUT2D eigenvalue weighted by Crippen LogP contribution is -2.11. The molecule has 0 saturated heterocycles. The molecule has 11 aromatic rings. The molecule has 0 radical (unpaired) electrons. The summed E-state index contributed by atoms with van der Waals surface area (Å²) in [7, 11) is 0. The summed E-state index contributed by atoms with van der Waals surface area (Å²) < 4.78 is 2.42. The van der Waals surface area contributed by atoms with E-state index in [1.165, 1.54) is 87.9 Å². The fourth-order valence-electron chi connectivity index (χ4n) is 9.65. The second-order valence-electron chi connectivity index (χ2n) is 15.7. The van der Waals surface area contributed by atoms with Crippen molar-refractivity contribution in [2.24, 2.45) is 0 Å². The third-order valence-electron chi connectivity index (χ3n) is 12.3. The van der Waals surface area contributed by atoms with Gasteiger partial charge in [-0.1, -0.05) is 176 Å². The molecule has 2 heteroatoms. The van der Waals surface area contributed by atoms with Gasteiger partial charge in [0.15, 0.2) is 0 Å². The van der Waals surface area contributed by atoms with E-state index in [0.29, 0.717) is 0 Å². The summed E-state index contributed by atoms with van der Waals surface area (Å²) in [5.41, 5.74) is 16.8. The van der Waals surface area contributed by atoms with E-state index in [9.17, 15) is 0 Å². The molecule has 60 heavy (non-hydrogen) atoms. The fraction of sp³-hybridized carbons (Fsp3) is 0. The van der Waals surface area contributed by atoms with Crippen molar-refractivity contribution in [1.29, 1.82) is 0 Å². The lowest BCUT2D eigenvalue weighted by atomic mass is 9.88. The predicted molar refractivity (Wildman–Crippen MR) is 254 cm³/mol. The van der Waals surface area contributed by atoms with Crippen LogP contribution in [0.25, 0.3) is 71.3 Å². The van der Waals surface area contributed by atoms with Crippen LogP contribution in [0.4, 0.5) is 17.1 Å². The Morgan fingerprint density at radius 2 is 0.917 bits per heavy atom. The normalized spacial score (nSPS) is 12.0. The number of fused-ring (bicyclic) bond motifs is 8. The van der Waals surface area contributed by atoms with E-state index >= 15 is 0 Å². The molecular formula is C58H38N2. The van der Waals surface area contributed by atoms with Crippen molar-refractivity contribution in [2.45, 2.75) is 0 Å². The van der Waals surface area contributed by atoms with Crippen molar-refractivity contribution < 1.29 is 0 Å². The quantitative estimate of drug-likeness (QED) is 0.164. The van der Waals surface area contributed by atoms with Crippen molar-refractivity contribution in [1.82, 2.24) is 4.57 Å². The van der Waals surface area contributed by atoms with Gasteiger partial charge in [-0.05, 0) is 115 Å². The van der Waals surface area contributed by atoms with Gasteiger partial charge in [-0.3, -0.25) is 0 Å². The van der Waals surface area contributed by atoms with E-state index in [-0.39, 0.29) is 0 Å². The van der Waals surface area contributed by atoms with Crippen LogP contribution in [0.5, 0.6) is 0 Å². The summed E-state index contributed by atoms with van der Waals surface area (Å²) in [6, 6.07) is 84.4. The first-order valence-electron chi connectivity index (χ1n) is 20.7. The highest BCUT2D eigenvalue weighted by Gasteiger charge is 2.29. The van der Waals surface area contributed by atoms with E-state index in [0.717, 1.165) is 22.7 Å². The number of para-hydroxylation sites is 1. The van der Waals surface area contributed by atoms with Gasteiger partial charge in [-0.15, -0.1) is 0 Å². The second kappa shape index (κ2) is 13.9. The van der Waals surface area contributed by atoms with Crippen molar-refractivity contribution in [2.75, 3.05) is 4.90 Å². The Balaban J connectivity index is 1.12. The minimum absolute atomic E-state index is 1.10. The Morgan fingerprint density at radius 3 is 1.72 bits per heavy atom. The van der Waals surface area contributed by atoms with Crippen LogP contribution in [0, 0.1) is 0 Å². The first-order valence-corrected chi connectivity index (χ1v) is 20.7. The van der Waals surface area contributed by atoms with Gasteiger partial charge in [0.25, 0.3) is 0 Å². The zero-order chi connectivity index (χ0) is 39.6. The molecule has 1 heterocycles. The van der Waals surface area contributed by atoms with Crippen molar-refractivity contribution in [3.05, 3.63) is 253 Å². The van der Waals surface area contributed by atoms with Gasteiger partial charge in [0.2, 0.25) is 0 Å². The average molecular weight is 763 g/mol. The number of nitrogens with zero attached hydrogens (tertiary/aromatic N) is 2. The summed E-state index contributed by atoms with van der Waals surface area (Å²) in [6.07, 6.45) is 0. The van der Waals surface area contributed by atoms with E-state index < -0.39 is 0 Å². The summed E-state index contributed by atoms with van der Waals surface area (Å²) in [5, 5.41) is 7.32. The molecule has 0 amide bonds. The molecule has 280 valence electrons. The third kappa shape index (κ3) is 5.42. The van der Waals surface area contributed by atoms with Gasteiger partial charge in [0.1, 0.15) is 0 Å². The fourth-order valence-corrected chi connectivity index (χ4v) is 9.65. The lowest BCUT2D eigenvalue weighted by Gasteiger charge is -2.28. The number of hydrogen-bond acceptors (Lipinski definition) is 1. The smallest absolute Gasteiger partial charge is 0.0542 e. The van der Waals surface area contributed by atoms with E-state index in [1.54, 1.807) is 0 Å². The van der Waals surface area contributed by atoms with E-state index in [2.05, 4.69) is 240 Å². The molecule has 0 aliphatic heterocycles. The largest absolute Gasteiger partial charge is 0.310 e. The number of hydrogen-bond donors (Lipinski definition) is 0. The molecule has 0 atom stereocenters. The Morgan fingerprint density at radius 1 is 0.333 bits per heavy atom.